The first kappa shape index (κ1) is 19.6. The number of hydrogen-bond acceptors (Lipinski definition) is 5. The van der Waals surface area contributed by atoms with Crippen molar-refractivity contribution in [1.82, 2.24) is 4.90 Å². The van der Waals surface area contributed by atoms with Gasteiger partial charge in [-0.25, -0.2) is 0 Å². The third kappa shape index (κ3) is 3.76. The standard InChI is InChI=1S/C22H23NO5/c1-4-7-20-22(26)23(21(25)15-8-5-6-9-19(15)28-20)13-17(24)16-12-14(2)10-11-18(16)27-3/h5-6,8-12,20H,4,7,13H2,1-3H3. The summed E-state index contributed by atoms with van der Waals surface area (Å²) in [6.07, 6.45) is 0.365. The number of para-hydroxylation sites is 1. The number of amides is 2. The van der Waals surface area contributed by atoms with E-state index in [4.69, 9.17) is 9.47 Å². The number of ether oxygens (including phenoxy) is 2. The van der Waals surface area contributed by atoms with Crippen LogP contribution in [0.5, 0.6) is 11.5 Å². The number of ketones is 1. The summed E-state index contributed by atoms with van der Waals surface area (Å²) < 4.78 is 11.1. The molecule has 1 atom stereocenters. The van der Waals surface area contributed by atoms with Crippen LogP contribution in [0, 0.1) is 6.92 Å². The Morgan fingerprint density at radius 1 is 1.18 bits per heavy atom. The summed E-state index contributed by atoms with van der Waals surface area (Å²) in [5.74, 6) is -0.617. The maximum atomic E-state index is 13.0. The van der Waals surface area contributed by atoms with Crippen LogP contribution >= 0.6 is 0 Å². The van der Waals surface area contributed by atoms with Crippen LogP contribution < -0.4 is 9.47 Å². The fraction of sp³-hybridized carbons (Fsp3) is 0.318. The SMILES string of the molecule is CCCC1Oc2ccccc2C(=O)N(CC(=O)c2cc(C)ccc2OC)C1=O. The van der Waals surface area contributed by atoms with Gasteiger partial charge in [-0.3, -0.25) is 19.3 Å². The minimum Gasteiger partial charge on any atom is -0.496 e. The van der Waals surface area contributed by atoms with E-state index in [1.165, 1.54) is 7.11 Å². The van der Waals surface area contributed by atoms with Crippen molar-refractivity contribution in [3.05, 3.63) is 59.2 Å². The second kappa shape index (κ2) is 8.25. The van der Waals surface area contributed by atoms with Crippen molar-refractivity contribution in [2.75, 3.05) is 13.7 Å². The predicted octanol–water partition coefficient (Wildman–Crippen LogP) is 3.42. The Bertz CT molecular complexity index is 921. The molecule has 28 heavy (non-hydrogen) atoms. The maximum Gasteiger partial charge on any atom is 0.270 e. The van der Waals surface area contributed by atoms with Crippen molar-refractivity contribution < 1.29 is 23.9 Å². The second-order valence-electron chi connectivity index (χ2n) is 6.75. The van der Waals surface area contributed by atoms with E-state index in [0.29, 0.717) is 29.9 Å². The molecule has 0 bridgehead atoms. The Kier molecular flexibility index (Phi) is 5.78. The average Bonchev–Trinajstić information content (AvgIpc) is 2.79. The molecule has 1 aliphatic rings. The number of Topliss-reactive ketones (excluding diaryl/α,β-unsaturated/α-hetero) is 1. The van der Waals surface area contributed by atoms with Crippen molar-refractivity contribution in [2.24, 2.45) is 0 Å². The Balaban J connectivity index is 1.97. The first-order valence-corrected chi connectivity index (χ1v) is 9.25. The number of carbonyl (C=O) groups is 3. The Morgan fingerprint density at radius 3 is 2.64 bits per heavy atom. The first-order valence-electron chi connectivity index (χ1n) is 9.25. The summed E-state index contributed by atoms with van der Waals surface area (Å²) in [4.78, 5) is 40.0. The van der Waals surface area contributed by atoms with E-state index in [1.54, 1.807) is 36.4 Å². The van der Waals surface area contributed by atoms with Gasteiger partial charge in [-0.1, -0.05) is 37.1 Å². The molecule has 0 aliphatic carbocycles. The van der Waals surface area contributed by atoms with Gasteiger partial charge in [0.05, 0.1) is 24.8 Å². The Hall–Kier alpha value is -3.15. The normalized spacial score (nSPS) is 16.2. The summed E-state index contributed by atoms with van der Waals surface area (Å²) in [5, 5.41) is 0. The molecule has 146 valence electrons. The smallest absolute Gasteiger partial charge is 0.270 e. The number of hydrogen-bond donors (Lipinski definition) is 0. The van der Waals surface area contributed by atoms with Gasteiger partial charge in [0.15, 0.2) is 11.9 Å². The Morgan fingerprint density at radius 2 is 1.93 bits per heavy atom. The van der Waals surface area contributed by atoms with Crippen molar-refractivity contribution in [2.45, 2.75) is 32.8 Å². The Labute approximate surface area is 164 Å². The van der Waals surface area contributed by atoms with E-state index < -0.39 is 17.9 Å². The lowest BCUT2D eigenvalue weighted by Crippen LogP contribution is -2.45. The summed E-state index contributed by atoms with van der Waals surface area (Å²) in [6.45, 7) is 3.43. The van der Waals surface area contributed by atoms with Gasteiger partial charge >= 0.3 is 0 Å². The highest BCUT2D eigenvalue weighted by Gasteiger charge is 2.37. The lowest BCUT2D eigenvalue weighted by molar-refractivity contribution is -0.135. The number of aryl methyl sites for hydroxylation is 1. The zero-order valence-corrected chi connectivity index (χ0v) is 16.2. The molecule has 0 aromatic heterocycles. The van der Waals surface area contributed by atoms with Crippen molar-refractivity contribution in [1.29, 1.82) is 0 Å². The van der Waals surface area contributed by atoms with Crippen LogP contribution in [-0.2, 0) is 4.79 Å². The minimum atomic E-state index is -0.801. The molecule has 2 aromatic rings. The highest BCUT2D eigenvalue weighted by molar-refractivity contribution is 6.12. The van der Waals surface area contributed by atoms with Crippen LogP contribution in [0.3, 0.4) is 0 Å². The molecule has 1 unspecified atom stereocenters. The van der Waals surface area contributed by atoms with Crippen LogP contribution in [0.1, 0.15) is 46.0 Å². The molecular formula is C22H23NO5. The van der Waals surface area contributed by atoms with Gasteiger partial charge < -0.3 is 9.47 Å². The van der Waals surface area contributed by atoms with Gasteiger partial charge in [0, 0.05) is 0 Å². The molecule has 0 spiro atoms. The number of nitrogens with zero attached hydrogens (tertiary/aromatic N) is 1. The average molecular weight is 381 g/mol. The monoisotopic (exact) mass is 381 g/mol. The number of carbonyl (C=O) groups excluding carboxylic acids is 3. The van der Waals surface area contributed by atoms with Crippen LogP contribution in [0.25, 0.3) is 0 Å². The molecule has 6 heteroatoms. The lowest BCUT2D eigenvalue weighted by atomic mass is 10.0. The van der Waals surface area contributed by atoms with Gasteiger partial charge in [0.1, 0.15) is 11.5 Å². The number of fused-ring (bicyclic) bond motifs is 1. The molecule has 1 heterocycles. The number of rotatable bonds is 6. The number of imide groups is 1. The van der Waals surface area contributed by atoms with E-state index in [0.717, 1.165) is 10.5 Å². The van der Waals surface area contributed by atoms with E-state index in [1.807, 2.05) is 19.9 Å². The van der Waals surface area contributed by atoms with Crippen LogP contribution in [-0.4, -0.2) is 42.3 Å². The van der Waals surface area contributed by atoms with Gasteiger partial charge in [-0.15, -0.1) is 0 Å². The highest BCUT2D eigenvalue weighted by Crippen LogP contribution is 2.28. The molecule has 2 aromatic carbocycles. The number of methoxy groups -OCH3 is 1. The molecule has 0 fully saturated rings. The topological polar surface area (TPSA) is 72.9 Å². The predicted molar refractivity (Wildman–Crippen MR) is 104 cm³/mol. The molecular weight excluding hydrogens is 358 g/mol. The molecule has 0 saturated carbocycles. The van der Waals surface area contributed by atoms with E-state index in [-0.39, 0.29) is 17.9 Å². The minimum absolute atomic E-state index is 0.276. The fourth-order valence-corrected chi connectivity index (χ4v) is 3.23. The van der Waals surface area contributed by atoms with Gasteiger partial charge in [-0.2, -0.15) is 0 Å². The van der Waals surface area contributed by atoms with Crippen molar-refractivity contribution in [3.8, 4) is 11.5 Å². The molecule has 0 radical (unpaired) electrons. The van der Waals surface area contributed by atoms with Crippen LogP contribution in [0.15, 0.2) is 42.5 Å². The maximum absolute atomic E-state index is 13.0. The zero-order valence-electron chi connectivity index (χ0n) is 16.2. The highest BCUT2D eigenvalue weighted by atomic mass is 16.5. The molecule has 1 aliphatic heterocycles. The van der Waals surface area contributed by atoms with E-state index >= 15 is 0 Å². The van der Waals surface area contributed by atoms with E-state index in [2.05, 4.69) is 0 Å². The summed E-state index contributed by atoms with van der Waals surface area (Å²) in [6, 6.07) is 11.9. The third-order valence-corrected chi connectivity index (χ3v) is 4.68. The summed E-state index contributed by atoms with van der Waals surface area (Å²) in [7, 11) is 1.48. The van der Waals surface area contributed by atoms with Gasteiger partial charge in [0.25, 0.3) is 11.8 Å². The summed E-state index contributed by atoms with van der Waals surface area (Å²) in [5.41, 5.74) is 1.50. The number of benzene rings is 2. The first-order chi connectivity index (χ1) is 13.5. The molecule has 3 rings (SSSR count). The molecule has 2 amide bonds. The van der Waals surface area contributed by atoms with E-state index in [9.17, 15) is 14.4 Å². The quantitative estimate of drug-likeness (QED) is 0.566. The zero-order chi connectivity index (χ0) is 20.3. The van der Waals surface area contributed by atoms with Gasteiger partial charge in [-0.05, 0) is 37.6 Å². The van der Waals surface area contributed by atoms with Crippen molar-refractivity contribution >= 4 is 17.6 Å². The second-order valence-corrected chi connectivity index (χ2v) is 6.75. The summed E-state index contributed by atoms with van der Waals surface area (Å²) >= 11 is 0. The molecule has 6 nitrogen and oxygen atoms in total. The largest absolute Gasteiger partial charge is 0.496 e. The van der Waals surface area contributed by atoms with Crippen molar-refractivity contribution in [3.63, 3.8) is 0 Å². The fourth-order valence-electron chi connectivity index (χ4n) is 3.23. The molecule has 0 N–H and O–H groups in total. The van der Waals surface area contributed by atoms with Gasteiger partial charge in [0.2, 0.25) is 0 Å². The van der Waals surface area contributed by atoms with Crippen LogP contribution in [0.2, 0.25) is 0 Å². The van der Waals surface area contributed by atoms with Crippen LogP contribution in [0.4, 0.5) is 0 Å². The third-order valence-electron chi connectivity index (χ3n) is 4.68. The lowest BCUT2D eigenvalue weighted by Gasteiger charge is -2.22. The molecule has 0 saturated heterocycles.